The summed E-state index contributed by atoms with van der Waals surface area (Å²) in [5, 5.41) is 10.5. The first-order valence-electron chi connectivity index (χ1n) is 34.1. The number of benzene rings is 14. The molecule has 20 aromatic rings. The molecule has 0 amide bonds. The average Bonchev–Trinajstić information content (AvgIpc) is 1.61. The van der Waals surface area contributed by atoms with Crippen molar-refractivity contribution in [3.05, 3.63) is 381 Å². The molecule has 0 saturated heterocycles. The molecule has 0 saturated carbocycles. The number of nitrogens with one attached hydrogen (secondary N) is 1. The Kier molecular flexibility index (Phi) is 15.5. The van der Waals surface area contributed by atoms with Crippen molar-refractivity contribution in [1.29, 1.82) is 0 Å². The molecule has 0 bridgehead atoms. The van der Waals surface area contributed by atoms with Gasteiger partial charge in [0, 0.05) is 76.6 Å². The lowest BCUT2D eigenvalue weighted by molar-refractivity contribution is 1.08. The van der Waals surface area contributed by atoms with Crippen molar-refractivity contribution < 1.29 is 0 Å². The zero-order valence-electron chi connectivity index (χ0n) is 54.9. The fourth-order valence-electron chi connectivity index (χ4n) is 14.7. The Balaban J connectivity index is 0.000000122. The summed E-state index contributed by atoms with van der Waals surface area (Å²) >= 11 is 6.14. The molecule has 20 rings (SSSR count). The van der Waals surface area contributed by atoms with Gasteiger partial charge in [-0.05, 0) is 166 Å². The number of para-hydroxylation sites is 6. The highest BCUT2D eigenvalue weighted by atomic mass is 35.5. The molecule has 7 heteroatoms. The highest BCUT2D eigenvalue weighted by molar-refractivity contribution is 6.30. The lowest BCUT2D eigenvalue weighted by Crippen LogP contribution is -2.00. The Bertz CT molecular complexity index is 6320. The molecule has 0 aliphatic carbocycles. The van der Waals surface area contributed by atoms with Gasteiger partial charge in [0.1, 0.15) is 11.0 Å². The summed E-state index contributed by atoms with van der Waals surface area (Å²) in [6, 6.07) is 133. The van der Waals surface area contributed by atoms with Crippen LogP contribution in [0.3, 0.4) is 0 Å². The van der Waals surface area contributed by atoms with E-state index in [1.54, 1.807) is 0 Å². The van der Waals surface area contributed by atoms with Crippen LogP contribution in [0.1, 0.15) is 0 Å². The third kappa shape index (κ3) is 11.3. The van der Waals surface area contributed by atoms with E-state index in [2.05, 4.69) is 345 Å². The third-order valence-electron chi connectivity index (χ3n) is 19.4. The summed E-state index contributed by atoms with van der Waals surface area (Å²) in [6.07, 6.45) is 0. The minimum atomic E-state index is 0.514. The number of H-pyrrole nitrogens is 1. The van der Waals surface area contributed by atoms with Crippen molar-refractivity contribution in [2.24, 2.45) is 0 Å². The molecule has 476 valence electrons. The minimum Gasteiger partial charge on any atom is -0.355 e. The molecule has 6 nitrogen and oxygen atoms in total. The molecule has 0 atom stereocenters. The molecular weight excluding hydrogens is 1250 g/mol. The van der Waals surface area contributed by atoms with E-state index < -0.39 is 0 Å². The van der Waals surface area contributed by atoms with Gasteiger partial charge in [0.2, 0.25) is 0 Å². The van der Waals surface area contributed by atoms with Gasteiger partial charge in [-0.1, -0.05) is 266 Å². The topological polar surface area (TPSA) is 56.4 Å². The van der Waals surface area contributed by atoms with E-state index >= 15 is 0 Å². The summed E-state index contributed by atoms with van der Waals surface area (Å²) in [5.74, 6) is 0.902. The zero-order valence-corrected chi connectivity index (χ0v) is 55.7. The predicted molar refractivity (Wildman–Crippen MR) is 425 cm³/mol. The van der Waals surface area contributed by atoms with Gasteiger partial charge in [0.25, 0.3) is 0 Å². The first-order chi connectivity index (χ1) is 50.0. The number of rotatable bonds is 9. The van der Waals surface area contributed by atoms with E-state index in [4.69, 9.17) is 16.6 Å². The van der Waals surface area contributed by atoms with Crippen LogP contribution in [0.25, 0.3) is 171 Å². The number of pyridine rings is 2. The smallest absolute Gasteiger partial charge is 0.138 e. The zero-order chi connectivity index (χ0) is 67.2. The predicted octanol–water partition coefficient (Wildman–Crippen LogP) is 25.4. The standard InChI is InChI=1S/C47H31N3.C30H20N2.C17H12ClN/c1-4-14-32(15-5-1)36-30-42(33-16-6-2-7-17-33)48-47(31-36)50-44-23-13-11-21-39(44)41-29-35(25-27-46(41)50)34-24-26-45-40(28-34)38-20-10-12-22-43(38)49(45)37-18-8-3-9-19-37;1-2-8-22(9-3-1)32-29-13-7-5-11-24(29)26-19-21(15-17-30(26)32)20-14-16-28-25(18-20)23-10-4-6-12-27(23)31-28;18-17-12-15(13-7-3-1-4-8-13)11-16(19-17)14-9-5-2-6-10-14/h1-31H;1-19,31H;1-12H. The van der Waals surface area contributed by atoms with Gasteiger partial charge in [0.05, 0.1) is 44.5 Å². The largest absolute Gasteiger partial charge is 0.355 e. The Morgan fingerprint density at radius 1 is 0.208 bits per heavy atom. The molecule has 0 unspecified atom stereocenters. The van der Waals surface area contributed by atoms with Crippen molar-refractivity contribution in [1.82, 2.24) is 28.7 Å². The van der Waals surface area contributed by atoms with Gasteiger partial charge in [-0.2, -0.15) is 0 Å². The maximum absolute atomic E-state index is 6.14. The maximum Gasteiger partial charge on any atom is 0.138 e. The van der Waals surface area contributed by atoms with Crippen LogP contribution in [0.4, 0.5) is 0 Å². The third-order valence-corrected chi connectivity index (χ3v) is 19.6. The van der Waals surface area contributed by atoms with E-state index in [1.807, 2.05) is 54.6 Å². The molecule has 6 aromatic heterocycles. The molecule has 0 radical (unpaired) electrons. The summed E-state index contributed by atoms with van der Waals surface area (Å²) in [7, 11) is 0. The van der Waals surface area contributed by atoms with Gasteiger partial charge >= 0.3 is 0 Å². The molecule has 0 aliphatic rings. The maximum atomic E-state index is 6.14. The van der Waals surface area contributed by atoms with Crippen molar-refractivity contribution in [2.75, 3.05) is 0 Å². The minimum absolute atomic E-state index is 0.514. The molecule has 101 heavy (non-hydrogen) atoms. The Morgan fingerprint density at radius 3 is 1.00 bits per heavy atom. The van der Waals surface area contributed by atoms with Crippen LogP contribution in [0.5, 0.6) is 0 Å². The van der Waals surface area contributed by atoms with Crippen LogP contribution in [-0.2, 0) is 0 Å². The number of nitrogens with zero attached hydrogens (tertiary/aromatic N) is 5. The second kappa shape index (κ2) is 26.0. The number of aromatic nitrogens is 6. The fourth-order valence-corrected chi connectivity index (χ4v) is 14.9. The van der Waals surface area contributed by atoms with Crippen molar-refractivity contribution >= 4 is 98.8 Å². The SMILES string of the molecule is Clc1cc(-c2ccccc2)cc(-c2ccccc2)n1.c1ccc(-c2cc(-c3ccccc3)nc(-n3c4ccccc4c4cc(-c5ccc6c(c5)c5ccccc5n6-c5ccccc5)ccc43)c2)cc1.c1ccc(-n2c3ccccc3c3cc(-c4ccc5[nH]c6ccccc6c5c4)ccc32)cc1. The molecule has 6 heterocycles. The second-order valence-corrected chi connectivity index (χ2v) is 25.9. The van der Waals surface area contributed by atoms with Gasteiger partial charge < -0.3 is 14.1 Å². The van der Waals surface area contributed by atoms with Crippen LogP contribution in [0.2, 0.25) is 5.15 Å². The van der Waals surface area contributed by atoms with E-state index in [9.17, 15) is 0 Å². The van der Waals surface area contributed by atoms with E-state index in [0.29, 0.717) is 5.15 Å². The van der Waals surface area contributed by atoms with Crippen LogP contribution in [0, 0.1) is 0 Å². The molecule has 14 aromatic carbocycles. The van der Waals surface area contributed by atoms with Crippen molar-refractivity contribution in [2.45, 2.75) is 0 Å². The molecule has 0 fully saturated rings. The van der Waals surface area contributed by atoms with Crippen molar-refractivity contribution in [3.63, 3.8) is 0 Å². The number of hydrogen-bond donors (Lipinski definition) is 1. The van der Waals surface area contributed by atoms with Gasteiger partial charge in [0.15, 0.2) is 0 Å². The van der Waals surface area contributed by atoms with E-state index in [0.717, 1.165) is 56.1 Å². The lowest BCUT2D eigenvalue weighted by Gasteiger charge is -2.13. The lowest BCUT2D eigenvalue weighted by atomic mass is 10.0. The van der Waals surface area contributed by atoms with Crippen LogP contribution in [-0.4, -0.2) is 28.7 Å². The van der Waals surface area contributed by atoms with Crippen LogP contribution >= 0.6 is 11.6 Å². The first kappa shape index (κ1) is 60.3. The summed E-state index contributed by atoms with van der Waals surface area (Å²) < 4.78 is 7.05. The molecule has 0 aliphatic heterocycles. The summed E-state index contributed by atoms with van der Waals surface area (Å²) in [4.78, 5) is 13.2. The highest BCUT2D eigenvalue weighted by Gasteiger charge is 2.20. The molecule has 1 N–H and O–H groups in total. The molecule has 0 spiro atoms. The fraction of sp³-hybridized carbons (Fsp3) is 0. The normalized spacial score (nSPS) is 11.4. The number of aromatic amines is 1. The van der Waals surface area contributed by atoms with Gasteiger partial charge in [-0.15, -0.1) is 0 Å². The molecular formula is C94H63ClN6. The number of hydrogen-bond acceptors (Lipinski definition) is 2. The quantitative estimate of drug-likeness (QED) is 0.146. The first-order valence-corrected chi connectivity index (χ1v) is 34.5. The van der Waals surface area contributed by atoms with Crippen LogP contribution < -0.4 is 0 Å². The van der Waals surface area contributed by atoms with Crippen molar-refractivity contribution in [3.8, 4) is 84.2 Å². The average molecular weight is 1310 g/mol. The Labute approximate surface area is 589 Å². The summed E-state index contributed by atoms with van der Waals surface area (Å²) in [6.45, 7) is 0. The Morgan fingerprint density at radius 2 is 0.535 bits per heavy atom. The van der Waals surface area contributed by atoms with Gasteiger partial charge in [-0.25, -0.2) is 9.97 Å². The Hall–Kier alpha value is -13.1. The summed E-state index contributed by atoms with van der Waals surface area (Å²) in [5.41, 5.74) is 25.3. The van der Waals surface area contributed by atoms with Gasteiger partial charge in [-0.3, -0.25) is 4.57 Å². The monoisotopic (exact) mass is 1310 g/mol. The number of halogens is 1. The van der Waals surface area contributed by atoms with E-state index in [1.165, 1.54) is 115 Å². The van der Waals surface area contributed by atoms with E-state index in [-0.39, 0.29) is 0 Å². The van der Waals surface area contributed by atoms with Crippen LogP contribution in [0.15, 0.2) is 376 Å². The number of fused-ring (bicyclic) bond motifs is 12. The highest BCUT2D eigenvalue weighted by Crippen LogP contribution is 2.41. The second-order valence-electron chi connectivity index (χ2n) is 25.5.